The van der Waals surface area contributed by atoms with Crippen LogP contribution in [-0.2, 0) is 36.7 Å². The molecule has 0 aliphatic carbocycles. The molecule has 38 heavy (non-hydrogen) atoms. The van der Waals surface area contributed by atoms with Crippen LogP contribution in [0.15, 0.2) is 18.2 Å². The van der Waals surface area contributed by atoms with Crippen LogP contribution in [0.5, 0.6) is 5.75 Å². The Bertz CT molecular complexity index is 878. The Hall–Kier alpha value is -2.09. The van der Waals surface area contributed by atoms with E-state index in [0.717, 1.165) is 16.9 Å². The molecule has 1 aromatic rings. The summed E-state index contributed by atoms with van der Waals surface area (Å²) in [5, 5.41) is 5.60. The number of fused-ring (bicyclic) bond motifs is 1. The van der Waals surface area contributed by atoms with Crippen LogP contribution in [0.1, 0.15) is 18.1 Å². The number of thioether (sulfide) groups is 1. The molecular weight excluding hydrogens is 512 g/mol. The van der Waals surface area contributed by atoms with Gasteiger partial charge >= 0.3 is 6.03 Å². The summed E-state index contributed by atoms with van der Waals surface area (Å²) in [6, 6.07) is 5.70. The fourth-order valence-corrected chi connectivity index (χ4v) is 5.39. The highest BCUT2D eigenvalue weighted by molar-refractivity contribution is 8.00. The molecule has 2 unspecified atom stereocenters. The molecule has 1 fully saturated rings. The zero-order chi connectivity index (χ0) is 27.2. The van der Waals surface area contributed by atoms with Crippen molar-refractivity contribution in [2.75, 3.05) is 78.8 Å². The molecule has 0 spiro atoms. The molecule has 1 aromatic carbocycles. The summed E-state index contributed by atoms with van der Waals surface area (Å²) >= 11 is 1.48. The molecule has 3 atom stereocenters. The van der Waals surface area contributed by atoms with Gasteiger partial charge < -0.3 is 45.0 Å². The number of hydrogen-bond acceptors (Lipinski definition) is 9. The van der Waals surface area contributed by atoms with Crippen LogP contribution in [0.2, 0.25) is 0 Å². The third-order valence-corrected chi connectivity index (χ3v) is 7.78. The van der Waals surface area contributed by atoms with Gasteiger partial charge in [0.25, 0.3) is 0 Å². The highest BCUT2D eigenvalue weighted by atomic mass is 32.2. The van der Waals surface area contributed by atoms with Crippen molar-refractivity contribution in [3.05, 3.63) is 29.3 Å². The molecule has 3 rings (SSSR count). The van der Waals surface area contributed by atoms with Gasteiger partial charge in [-0.2, -0.15) is 0 Å². The third kappa shape index (κ3) is 9.90. The first-order chi connectivity index (χ1) is 18.5. The van der Waals surface area contributed by atoms with E-state index in [-0.39, 0.29) is 35.0 Å². The normalized spacial score (nSPS) is 21.0. The van der Waals surface area contributed by atoms with Gasteiger partial charge in [-0.3, -0.25) is 4.79 Å². The van der Waals surface area contributed by atoms with E-state index in [4.69, 9.17) is 29.4 Å². The van der Waals surface area contributed by atoms with E-state index in [9.17, 15) is 9.59 Å². The van der Waals surface area contributed by atoms with E-state index < -0.39 is 0 Å². The van der Waals surface area contributed by atoms with Gasteiger partial charge in [-0.15, -0.1) is 11.8 Å². The van der Waals surface area contributed by atoms with Gasteiger partial charge in [-0.25, -0.2) is 4.79 Å². The lowest BCUT2D eigenvalue weighted by Gasteiger charge is -2.37. The summed E-state index contributed by atoms with van der Waals surface area (Å²) in [6.07, 6.45) is 0.685. The maximum Gasteiger partial charge on any atom is 0.315 e. The number of carbonyl (C=O) groups is 2. The second kappa shape index (κ2) is 16.8. The number of nitrogens with two attached hydrogens (primary N) is 1. The van der Waals surface area contributed by atoms with Crippen LogP contribution >= 0.6 is 11.8 Å². The Balaban J connectivity index is 1.45. The van der Waals surface area contributed by atoms with E-state index in [0.29, 0.717) is 78.9 Å². The van der Waals surface area contributed by atoms with Crippen molar-refractivity contribution in [2.24, 2.45) is 11.7 Å². The van der Waals surface area contributed by atoms with Gasteiger partial charge in [-0.1, -0.05) is 13.0 Å². The second-order valence-electron chi connectivity index (χ2n) is 9.28. The van der Waals surface area contributed by atoms with Crippen molar-refractivity contribution in [1.82, 2.24) is 15.5 Å². The monoisotopic (exact) mass is 554 g/mol. The number of benzene rings is 1. The van der Waals surface area contributed by atoms with Crippen molar-refractivity contribution in [3.63, 3.8) is 0 Å². The molecule has 3 amide bonds. The van der Waals surface area contributed by atoms with Gasteiger partial charge in [0.05, 0.1) is 77.1 Å². The van der Waals surface area contributed by atoms with Gasteiger partial charge in [0.2, 0.25) is 5.91 Å². The van der Waals surface area contributed by atoms with Crippen molar-refractivity contribution in [1.29, 1.82) is 0 Å². The third-order valence-electron chi connectivity index (χ3n) is 6.42. The maximum absolute atomic E-state index is 13.3. The van der Waals surface area contributed by atoms with E-state index in [2.05, 4.69) is 17.6 Å². The smallest absolute Gasteiger partial charge is 0.315 e. The zero-order valence-corrected chi connectivity index (χ0v) is 23.3. The first-order valence-electron chi connectivity index (χ1n) is 13.1. The van der Waals surface area contributed by atoms with Crippen molar-refractivity contribution >= 4 is 23.7 Å². The molecule has 1 saturated heterocycles. The number of urea groups is 1. The number of amides is 3. The molecule has 11 nitrogen and oxygen atoms in total. The van der Waals surface area contributed by atoms with Crippen LogP contribution in [-0.4, -0.2) is 107 Å². The summed E-state index contributed by atoms with van der Waals surface area (Å²) in [5.41, 5.74) is 7.64. The minimum Gasteiger partial charge on any atom is -0.497 e. The quantitative estimate of drug-likeness (QED) is 0.241. The van der Waals surface area contributed by atoms with Gasteiger partial charge in [-0.05, 0) is 29.7 Å². The highest BCUT2D eigenvalue weighted by Crippen LogP contribution is 2.28. The molecule has 12 heteroatoms. The number of methoxy groups -OCH3 is 1. The maximum atomic E-state index is 13.3. The molecule has 2 aliphatic rings. The van der Waals surface area contributed by atoms with E-state index in [1.807, 2.05) is 23.1 Å². The lowest BCUT2D eigenvalue weighted by molar-refractivity contribution is -0.133. The average Bonchev–Trinajstić information content (AvgIpc) is 2.93. The van der Waals surface area contributed by atoms with Crippen LogP contribution in [0.3, 0.4) is 0 Å². The highest BCUT2D eigenvalue weighted by Gasteiger charge is 2.32. The Morgan fingerprint density at radius 2 is 1.74 bits per heavy atom. The summed E-state index contributed by atoms with van der Waals surface area (Å²) in [4.78, 5) is 27.0. The summed E-state index contributed by atoms with van der Waals surface area (Å²) in [7, 11) is 1.65. The number of nitrogens with one attached hydrogen (secondary N) is 2. The molecular formula is C26H42N4O7S. The lowest BCUT2D eigenvalue weighted by Crippen LogP contribution is -2.53. The number of carbonyl (C=O) groups excluding carboxylic acids is 2. The van der Waals surface area contributed by atoms with E-state index in [1.165, 1.54) is 11.8 Å². The zero-order valence-electron chi connectivity index (χ0n) is 22.4. The Morgan fingerprint density at radius 1 is 1.05 bits per heavy atom. The molecule has 2 heterocycles. The van der Waals surface area contributed by atoms with Gasteiger partial charge in [0, 0.05) is 25.6 Å². The molecule has 0 aromatic heterocycles. The summed E-state index contributed by atoms with van der Waals surface area (Å²) in [6.45, 7) is 7.50. The largest absolute Gasteiger partial charge is 0.497 e. The van der Waals surface area contributed by atoms with Crippen molar-refractivity contribution < 1.29 is 33.3 Å². The average molecular weight is 555 g/mol. The standard InChI is InChI=1S/C26H42N4O7S/c1-19-15-28-26(32)29-25(19)38-18-24(31)30-16-20-3-4-23(33-2)14-21(20)13-22(30)17-37-12-11-36-10-9-35-8-7-34-6-5-27/h3-4,14,19,22,25H,5-13,15-18,27H2,1-2H3,(H2,28,29,32)/t19?,22-,25?/m0/s1. The Labute approximate surface area is 229 Å². The van der Waals surface area contributed by atoms with E-state index >= 15 is 0 Å². The first kappa shape index (κ1) is 30.5. The number of ether oxygens (including phenoxy) is 5. The molecule has 0 radical (unpaired) electrons. The van der Waals surface area contributed by atoms with Gasteiger partial charge in [0.1, 0.15) is 5.75 Å². The predicted molar refractivity (Wildman–Crippen MR) is 145 cm³/mol. The van der Waals surface area contributed by atoms with E-state index in [1.54, 1.807) is 7.11 Å². The molecule has 214 valence electrons. The number of hydrogen-bond donors (Lipinski definition) is 3. The molecule has 0 bridgehead atoms. The van der Waals surface area contributed by atoms with Crippen LogP contribution in [0.25, 0.3) is 0 Å². The molecule has 2 aliphatic heterocycles. The molecule has 4 N–H and O–H groups in total. The topological polar surface area (TPSA) is 134 Å². The predicted octanol–water partition coefficient (Wildman–Crippen LogP) is 0.982. The fraction of sp³-hybridized carbons (Fsp3) is 0.692. The van der Waals surface area contributed by atoms with Crippen LogP contribution in [0.4, 0.5) is 4.79 Å². The first-order valence-corrected chi connectivity index (χ1v) is 14.2. The SMILES string of the molecule is COc1ccc2c(c1)C[C@@H](COCCOCCOCCOCCN)N(C(=O)CSC1NC(=O)NCC1C)C2. The second-order valence-corrected chi connectivity index (χ2v) is 10.4. The molecule has 0 saturated carbocycles. The fourth-order valence-electron chi connectivity index (χ4n) is 4.29. The van der Waals surface area contributed by atoms with Crippen LogP contribution < -0.4 is 21.1 Å². The summed E-state index contributed by atoms with van der Waals surface area (Å²) < 4.78 is 27.6. The summed E-state index contributed by atoms with van der Waals surface area (Å²) in [5.74, 6) is 1.36. The van der Waals surface area contributed by atoms with Crippen molar-refractivity contribution in [3.8, 4) is 5.75 Å². The Morgan fingerprint density at radius 3 is 2.42 bits per heavy atom. The van der Waals surface area contributed by atoms with Gasteiger partial charge in [0.15, 0.2) is 0 Å². The minimum absolute atomic E-state index is 0.0360. The number of rotatable bonds is 17. The van der Waals surface area contributed by atoms with Crippen molar-refractivity contribution in [2.45, 2.75) is 31.3 Å². The lowest BCUT2D eigenvalue weighted by atomic mass is 9.94. The minimum atomic E-state index is -0.189. The van der Waals surface area contributed by atoms with Crippen LogP contribution in [0, 0.1) is 5.92 Å². The number of nitrogens with zero attached hydrogens (tertiary/aromatic N) is 1. The Kier molecular flexibility index (Phi) is 13.4.